The lowest BCUT2D eigenvalue weighted by atomic mass is 9.97. The van der Waals surface area contributed by atoms with Crippen LogP contribution in [0.15, 0.2) is 103 Å². The number of rotatable bonds is 6. The number of hydrogen-bond acceptors (Lipinski definition) is 2. The lowest BCUT2D eigenvalue weighted by Gasteiger charge is -2.40. The fourth-order valence-electron chi connectivity index (χ4n) is 4.89. The average molecular weight is 490 g/mol. The van der Waals surface area contributed by atoms with Gasteiger partial charge in [-0.1, -0.05) is 72.3 Å². The molecule has 0 radical (unpaired) electrons. The van der Waals surface area contributed by atoms with Crippen LogP contribution in [0.2, 0.25) is 0 Å². The van der Waals surface area contributed by atoms with Crippen LogP contribution in [0, 0.1) is 6.92 Å². The van der Waals surface area contributed by atoms with Gasteiger partial charge in [0.25, 0.3) is 0 Å². The molecular formula is C32H31N3O2. The molecule has 1 atom stereocenters. The second kappa shape index (κ2) is 10.3. The van der Waals surface area contributed by atoms with E-state index in [1.54, 1.807) is 17.1 Å². The van der Waals surface area contributed by atoms with Gasteiger partial charge in [0.05, 0.1) is 17.1 Å². The molecule has 2 heterocycles. The van der Waals surface area contributed by atoms with Gasteiger partial charge in [-0.25, -0.2) is 0 Å². The summed E-state index contributed by atoms with van der Waals surface area (Å²) in [6.07, 6.45) is 5.38. The van der Waals surface area contributed by atoms with Crippen LogP contribution in [0.4, 0.5) is 5.69 Å². The van der Waals surface area contributed by atoms with E-state index < -0.39 is 0 Å². The van der Waals surface area contributed by atoms with Gasteiger partial charge < -0.3 is 9.47 Å². The van der Waals surface area contributed by atoms with E-state index in [0.29, 0.717) is 0 Å². The van der Waals surface area contributed by atoms with Gasteiger partial charge in [-0.3, -0.25) is 14.5 Å². The van der Waals surface area contributed by atoms with Crippen LogP contribution in [-0.2, 0) is 9.59 Å². The van der Waals surface area contributed by atoms with Gasteiger partial charge >= 0.3 is 0 Å². The predicted molar refractivity (Wildman–Crippen MR) is 149 cm³/mol. The molecule has 37 heavy (non-hydrogen) atoms. The number of amides is 2. The Morgan fingerprint density at radius 2 is 1.54 bits per heavy atom. The van der Waals surface area contributed by atoms with E-state index in [-0.39, 0.29) is 30.4 Å². The van der Waals surface area contributed by atoms with Crippen LogP contribution in [0.1, 0.15) is 42.3 Å². The molecule has 0 saturated carbocycles. The van der Waals surface area contributed by atoms with E-state index >= 15 is 0 Å². The fraction of sp³-hybridized carbons (Fsp3) is 0.188. The molecule has 5 heteroatoms. The number of benzene rings is 3. The Balaban J connectivity index is 1.51. The Bertz CT molecular complexity index is 1430. The quantitative estimate of drug-likeness (QED) is 0.304. The standard InChI is InChI=1S/C32H31N3O2/c1-23(2)34(30(36)20-17-25-10-5-4-6-11-25)22-31(37)35-28-13-8-7-12-27(28)33-21-9-14-29(33)32(35)26-18-15-24(3)16-19-26/h4-21,23,32H,22H2,1-3H3/b20-17+. The smallest absolute Gasteiger partial charge is 0.247 e. The summed E-state index contributed by atoms with van der Waals surface area (Å²) in [5, 5.41) is 0. The minimum absolute atomic E-state index is 0.0208. The van der Waals surface area contributed by atoms with Gasteiger partial charge in [0, 0.05) is 18.3 Å². The molecule has 0 spiro atoms. The minimum atomic E-state index is -0.304. The Morgan fingerprint density at radius 3 is 2.24 bits per heavy atom. The SMILES string of the molecule is Cc1ccc(C2c3cccn3-c3ccccc3N2C(=O)CN(C(=O)/C=C/c2ccccc2)C(C)C)cc1. The van der Waals surface area contributed by atoms with Crippen LogP contribution in [-0.4, -0.2) is 33.9 Å². The number of anilines is 1. The topological polar surface area (TPSA) is 45.6 Å². The maximum absolute atomic E-state index is 14.1. The lowest BCUT2D eigenvalue weighted by Crippen LogP contribution is -2.48. The van der Waals surface area contributed by atoms with Crippen molar-refractivity contribution in [2.24, 2.45) is 0 Å². The molecule has 0 saturated heterocycles. The summed E-state index contributed by atoms with van der Waals surface area (Å²) in [7, 11) is 0. The van der Waals surface area contributed by atoms with Crippen molar-refractivity contribution in [3.05, 3.63) is 126 Å². The maximum atomic E-state index is 14.1. The molecule has 5 rings (SSSR count). The molecule has 186 valence electrons. The molecule has 3 aromatic carbocycles. The number of nitrogens with zero attached hydrogens (tertiary/aromatic N) is 3. The van der Waals surface area contributed by atoms with Crippen LogP contribution >= 0.6 is 0 Å². The number of carbonyl (C=O) groups excluding carboxylic acids is 2. The summed E-state index contributed by atoms with van der Waals surface area (Å²) in [5.74, 6) is -0.312. The Kier molecular flexibility index (Phi) is 6.78. The third-order valence-corrected chi connectivity index (χ3v) is 6.81. The summed E-state index contributed by atoms with van der Waals surface area (Å²) >= 11 is 0. The van der Waals surface area contributed by atoms with Gasteiger partial charge in [0.2, 0.25) is 11.8 Å². The summed E-state index contributed by atoms with van der Waals surface area (Å²) in [5.41, 5.74) is 5.93. The van der Waals surface area contributed by atoms with Crippen molar-refractivity contribution in [1.29, 1.82) is 0 Å². The summed E-state index contributed by atoms with van der Waals surface area (Å²) in [6.45, 7) is 5.91. The Morgan fingerprint density at radius 1 is 0.865 bits per heavy atom. The Hall–Kier alpha value is -4.38. The van der Waals surface area contributed by atoms with E-state index in [1.807, 2.05) is 85.6 Å². The second-order valence-corrected chi connectivity index (χ2v) is 9.67. The highest BCUT2D eigenvalue weighted by atomic mass is 16.2. The monoisotopic (exact) mass is 489 g/mol. The van der Waals surface area contributed by atoms with Crippen LogP contribution in [0.25, 0.3) is 11.8 Å². The zero-order valence-corrected chi connectivity index (χ0v) is 21.4. The fourth-order valence-corrected chi connectivity index (χ4v) is 4.89. The van der Waals surface area contributed by atoms with Crippen LogP contribution in [0.3, 0.4) is 0 Å². The number of fused-ring (bicyclic) bond motifs is 3. The van der Waals surface area contributed by atoms with E-state index in [4.69, 9.17) is 0 Å². The molecule has 0 aliphatic carbocycles. The van der Waals surface area contributed by atoms with Crippen molar-refractivity contribution in [2.75, 3.05) is 11.4 Å². The number of carbonyl (C=O) groups is 2. The third-order valence-electron chi connectivity index (χ3n) is 6.81. The second-order valence-electron chi connectivity index (χ2n) is 9.67. The summed E-state index contributed by atoms with van der Waals surface area (Å²) in [4.78, 5) is 30.9. The first-order valence-electron chi connectivity index (χ1n) is 12.6. The lowest BCUT2D eigenvalue weighted by molar-refractivity contribution is -0.133. The highest BCUT2D eigenvalue weighted by molar-refractivity contribution is 6.02. The summed E-state index contributed by atoms with van der Waals surface area (Å²) in [6, 6.07) is 29.6. The molecule has 0 bridgehead atoms. The molecule has 4 aromatic rings. The number of aryl methyl sites for hydroxylation is 1. The van der Waals surface area contributed by atoms with E-state index in [9.17, 15) is 9.59 Å². The molecule has 5 nitrogen and oxygen atoms in total. The molecule has 0 N–H and O–H groups in total. The van der Waals surface area contributed by atoms with Crippen molar-refractivity contribution < 1.29 is 9.59 Å². The normalized spacial score (nSPS) is 14.5. The van der Waals surface area contributed by atoms with Crippen LogP contribution < -0.4 is 4.90 Å². The maximum Gasteiger partial charge on any atom is 0.247 e. The van der Waals surface area contributed by atoms with Gasteiger partial charge in [0.1, 0.15) is 12.6 Å². The van der Waals surface area contributed by atoms with Crippen molar-refractivity contribution >= 4 is 23.6 Å². The predicted octanol–water partition coefficient (Wildman–Crippen LogP) is 6.17. The first kappa shape index (κ1) is 24.3. The largest absolute Gasteiger partial charge is 0.327 e. The molecule has 0 fully saturated rings. The zero-order valence-electron chi connectivity index (χ0n) is 21.4. The van der Waals surface area contributed by atoms with Gasteiger partial charge in [0.15, 0.2) is 0 Å². The molecule has 1 aromatic heterocycles. The third kappa shape index (κ3) is 4.85. The number of hydrogen-bond donors (Lipinski definition) is 0. The molecular weight excluding hydrogens is 458 g/mol. The molecule has 1 unspecified atom stereocenters. The van der Waals surface area contributed by atoms with Gasteiger partial charge in [-0.15, -0.1) is 0 Å². The number of para-hydroxylation sites is 2. The van der Waals surface area contributed by atoms with Crippen LogP contribution in [0.5, 0.6) is 0 Å². The highest BCUT2D eigenvalue weighted by Gasteiger charge is 2.37. The molecule has 1 aliphatic rings. The highest BCUT2D eigenvalue weighted by Crippen LogP contribution is 2.42. The van der Waals surface area contributed by atoms with E-state index in [1.165, 1.54) is 0 Å². The summed E-state index contributed by atoms with van der Waals surface area (Å²) < 4.78 is 2.15. The van der Waals surface area contributed by atoms with E-state index in [0.717, 1.165) is 33.8 Å². The van der Waals surface area contributed by atoms with Crippen molar-refractivity contribution in [3.63, 3.8) is 0 Å². The zero-order chi connectivity index (χ0) is 25.9. The Labute approximate surface area is 218 Å². The van der Waals surface area contributed by atoms with Crippen molar-refractivity contribution in [1.82, 2.24) is 9.47 Å². The first-order valence-corrected chi connectivity index (χ1v) is 12.6. The molecule has 2 amide bonds. The van der Waals surface area contributed by atoms with E-state index in [2.05, 4.69) is 41.8 Å². The average Bonchev–Trinajstić information content (AvgIpc) is 3.40. The first-order chi connectivity index (χ1) is 17.9. The van der Waals surface area contributed by atoms with Gasteiger partial charge in [-0.05, 0) is 62.2 Å². The van der Waals surface area contributed by atoms with Crippen molar-refractivity contribution in [2.45, 2.75) is 32.9 Å². The molecule has 1 aliphatic heterocycles. The van der Waals surface area contributed by atoms with Gasteiger partial charge in [-0.2, -0.15) is 0 Å². The number of aromatic nitrogens is 1. The minimum Gasteiger partial charge on any atom is -0.327 e. The van der Waals surface area contributed by atoms with Crippen molar-refractivity contribution in [3.8, 4) is 5.69 Å².